The molecular formula is C23H28N2O2. The maximum absolute atomic E-state index is 13.2. The minimum Gasteiger partial charge on any atom is -0.309 e. The summed E-state index contributed by atoms with van der Waals surface area (Å²) in [6.45, 7) is 5.77. The largest absolute Gasteiger partial charge is 0.309 e. The van der Waals surface area contributed by atoms with Crippen LogP contribution >= 0.6 is 0 Å². The average Bonchev–Trinajstić information content (AvgIpc) is 2.67. The highest BCUT2D eigenvalue weighted by Crippen LogP contribution is 2.42. The number of unbranched alkanes of at least 4 members (excludes halogenated alkanes) is 1. The fourth-order valence-corrected chi connectivity index (χ4v) is 4.04. The maximum Gasteiger partial charge on any atom is 0.227 e. The number of amides is 2. The molecule has 1 aliphatic heterocycles. The molecule has 2 aromatic carbocycles. The molecule has 0 N–H and O–H groups in total. The second kappa shape index (κ2) is 8.38. The molecule has 0 spiro atoms. The van der Waals surface area contributed by atoms with Gasteiger partial charge in [0.15, 0.2) is 0 Å². The summed E-state index contributed by atoms with van der Waals surface area (Å²) in [7, 11) is 0. The van der Waals surface area contributed by atoms with Crippen LogP contribution in [0.25, 0.3) is 0 Å². The Morgan fingerprint density at radius 3 is 2.41 bits per heavy atom. The Hall–Kier alpha value is -2.62. The Morgan fingerprint density at radius 1 is 1.07 bits per heavy atom. The smallest absolute Gasteiger partial charge is 0.227 e. The first kappa shape index (κ1) is 19.2. The van der Waals surface area contributed by atoms with Crippen molar-refractivity contribution in [2.24, 2.45) is 0 Å². The maximum atomic E-state index is 13.2. The molecule has 2 aromatic rings. The van der Waals surface area contributed by atoms with E-state index in [1.165, 1.54) is 0 Å². The van der Waals surface area contributed by atoms with E-state index in [0.29, 0.717) is 6.42 Å². The molecular weight excluding hydrogens is 336 g/mol. The van der Waals surface area contributed by atoms with Gasteiger partial charge in [-0.2, -0.15) is 0 Å². The van der Waals surface area contributed by atoms with E-state index in [9.17, 15) is 9.59 Å². The van der Waals surface area contributed by atoms with Crippen molar-refractivity contribution in [1.29, 1.82) is 0 Å². The third-order valence-corrected chi connectivity index (χ3v) is 5.26. The van der Waals surface area contributed by atoms with Gasteiger partial charge in [0.1, 0.15) is 0 Å². The van der Waals surface area contributed by atoms with Gasteiger partial charge < -0.3 is 9.80 Å². The molecule has 0 saturated carbocycles. The minimum absolute atomic E-state index is 0.0348. The number of para-hydroxylation sites is 2. The first-order valence-electron chi connectivity index (χ1n) is 9.80. The molecule has 4 nitrogen and oxygen atoms in total. The Balaban J connectivity index is 2.07. The molecule has 0 unspecified atom stereocenters. The van der Waals surface area contributed by atoms with Crippen molar-refractivity contribution < 1.29 is 9.59 Å². The molecule has 27 heavy (non-hydrogen) atoms. The quantitative estimate of drug-likeness (QED) is 0.741. The average molecular weight is 364 g/mol. The van der Waals surface area contributed by atoms with E-state index in [1.807, 2.05) is 64.4 Å². The molecule has 3 rings (SSSR count). The number of hydrogen-bond acceptors (Lipinski definition) is 2. The Morgan fingerprint density at radius 2 is 1.74 bits per heavy atom. The van der Waals surface area contributed by atoms with E-state index < -0.39 is 0 Å². The van der Waals surface area contributed by atoms with Crippen LogP contribution in [0.2, 0.25) is 0 Å². The zero-order chi connectivity index (χ0) is 19.4. The van der Waals surface area contributed by atoms with Gasteiger partial charge in [0, 0.05) is 30.8 Å². The lowest BCUT2D eigenvalue weighted by atomic mass is 9.89. The number of hydrogen-bond donors (Lipinski definition) is 0. The van der Waals surface area contributed by atoms with Gasteiger partial charge in [0.25, 0.3) is 0 Å². The van der Waals surface area contributed by atoms with Crippen molar-refractivity contribution in [3.8, 4) is 0 Å². The summed E-state index contributed by atoms with van der Waals surface area (Å²) in [5, 5.41) is 0. The number of carbonyl (C=O) groups is 2. The topological polar surface area (TPSA) is 40.6 Å². The summed E-state index contributed by atoms with van der Waals surface area (Å²) in [5.41, 5.74) is 2.87. The number of benzene rings is 2. The van der Waals surface area contributed by atoms with Crippen LogP contribution in [0, 0.1) is 0 Å². The summed E-state index contributed by atoms with van der Waals surface area (Å²) in [6.07, 6.45) is 3.13. The normalized spacial score (nSPS) is 18.7. The van der Waals surface area contributed by atoms with E-state index in [0.717, 1.165) is 36.2 Å². The van der Waals surface area contributed by atoms with Gasteiger partial charge in [0.2, 0.25) is 11.8 Å². The Labute approximate surface area is 161 Å². The SMILES string of the molecule is CCCCC(=O)N(c1ccccc1)[C@@H]1C[C@H](C)N(C(C)=O)c2ccccc21. The van der Waals surface area contributed by atoms with Crippen LogP contribution in [0.15, 0.2) is 54.6 Å². The van der Waals surface area contributed by atoms with Gasteiger partial charge in [-0.05, 0) is 43.5 Å². The highest BCUT2D eigenvalue weighted by Gasteiger charge is 2.37. The van der Waals surface area contributed by atoms with Crippen molar-refractivity contribution in [3.63, 3.8) is 0 Å². The number of rotatable bonds is 5. The first-order valence-corrected chi connectivity index (χ1v) is 9.80. The molecule has 0 aromatic heterocycles. The fourth-order valence-electron chi connectivity index (χ4n) is 4.04. The Kier molecular flexibility index (Phi) is 5.94. The van der Waals surface area contributed by atoms with Gasteiger partial charge in [-0.1, -0.05) is 49.7 Å². The number of fused-ring (bicyclic) bond motifs is 1. The molecule has 0 bridgehead atoms. The van der Waals surface area contributed by atoms with E-state index >= 15 is 0 Å². The van der Waals surface area contributed by atoms with Crippen LogP contribution in [0.1, 0.15) is 58.1 Å². The van der Waals surface area contributed by atoms with Crippen LogP contribution < -0.4 is 9.80 Å². The zero-order valence-electron chi connectivity index (χ0n) is 16.4. The number of carbonyl (C=O) groups excluding carboxylic acids is 2. The molecule has 0 fully saturated rings. The van der Waals surface area contributed by atoms with Crippen LogP contribution in [0.3, 0.4) is 0 Å². The fraction of sp³-hybridized carbons (Fsp3) is 0.391. The van der Waals surface area contributed by atoms with E-state index in [1.54, 1.807) is 6.92 Å². The summed E-state index contributed by atoms with van der Waals surface area (Å²) in [5.74, 6) is 0.184. The van der Waals surface area contributed by atoms with Crippen LogP contribution in [-0.4, -0.2) is 17.9 Å². The standard InChI is InChI=1S/C23H28N2O2/c1-4-5-15-23(27)25(19-11-7-6-8-12-19)22-16-17(2)24(18(3)26)21-14-10-9-13-20(21)22/h6-14,17,22H,4-5,15-16H2,1-3H3/t17-,22+/m0/s1. The highest BCUT2D eigenvalue weighted by molar-refractivity contribution is 5.97. The first-order chi connectivity index (χ1) is 13.0. The molecule has 0 radical (unpaired) electrons. The molecule has 1 aliphatic rings. The van der Waals surface area contributed by atoms with Gasteiger partial charge in [-0.15, -0.1) is 0 Å². The van der Waals surface area contributed by atoms with Crippen molar-refractivity contribution in [2.75, 3.05) is 9.80 Å². The van der Waals surface area contributed by atoms with Crippen LogP contribution in [-0.2, 0) is 9.59 Å². The van der Waals surface area contributed by atoms with Gasteiger partial charge in [-0.25, -0.2) is 0 Å². The molecule has 0 aliphatic carbocycles. The molecule has 0 saturated heterocycles. The highest BCUT2D eigenvalue weighted by atomic mass is 16.2. The van der Waals surface area contributed by atoms with Crippen LogP contribution in [0.4, 0.5) is 11.4 Å². The van der Waals surface area contributed by atoms with E-state index in [2.05, 4.69) is 13.8 Å². The Bertz CT molecular complexity index is 803. The lowest BCUT2D eigenvalue weighted by molar-refractivity contribution is -0.119. The molecule has 4 heteroatoms. The summed E-state index contributed by atoms with van der Waals surface area (Å²) in [4.78, 5) is 29.2. The molecule has 2 atom stereocenters. The third-order valence-electron chi connectivity index (χ3n) is 5.26. The summed E-state index contributed by atoms with van der Waals surface area (Å²) >= 11 is 0. The van der Waals surface area contributed by atoms with Crippen LogP contribution in [0.5, 0.6) is 0 Å². The zero-order valence-corrected chi connectivity index (χ0v) is 16.4. The number of anilines is 2. The third kappa shape index (κ3) is 3.90. The number of nitrogens with zero attached hydrogens (tertiary/aromatic N) is 2. The minimum atomic E-state index is -0.0708. The second-order valence-electron chi connectivity index (χ2n) is 7.25. The summed E-state index contributed by atoms with van der Waals surface area (Å²) in [6, 6.07) is 17.8. The molecule has 1 heterocycles. The van der Waals surface area contributed by atoms with Crippen molar-refractivity contribution >= 4 is 23.2 Å². The lowest BCUT2D eigenvalue weighted by Crippen LogP contribution is -2.47. The van der Waals surface area contributed by atoms with Gasteiger partial charge in [-0.3, -0.25) is 9.59 Å². The second-order valence-corrected chi connectivity index (χ2v) is 7.25. The van der Waals surface area contributed by atoms with E-state index in [-0.39, 0.29) is 23.9 Å². The van der Waals surface area contributed by atoms with Crippen molar-refractivity contribution in [3.05, 3.63) is 60.2 Å². The lowest BCUT2D eigenvalue weighted by Gasteiger charge is -2.43. The van der Waals surface area contributed by atoms with Gasteiger partial charge >= 0.3 is 0 Å². The van der Waals surface area contributed by atoms with Crippen molar-refractivity contribution in [1.82, 2.24) is 0 Å². The predicted molar refractivity (Wildman–Crippen MR) is 110 cm³/mol. The van der Waals surface area contributed by atoms with Gasteiger partial charge in [0.05, 0.1) is 6.04 Å². The van der Waals surface area contributed by atoms with Crippen molar-refractivity contribution in [2.45, 2.75) is 58.5 Å². The summed E-state index contributed by atoms with van der Waals surface area (Å²) < 4.78 is 0. The molecule has 142 valence electrons. The van der Waals surface area contributed by atoms with E-state index in [4.69, 9.17) is 0 Å². The molecule has 2 amide bonds. The predicted octanol–water partition coefficient (Wildman–Crippen LogP) is 5.10. The monoisotopic (exact) mass is 364 g/mol.